The van der Waals surface area contributed by atoms with Gasteiger partial charge in [0, 0.05) is 21.8 Å². The van der Waals surface area contributed by atoms with E-state index in [0.29, 0.717) is 0 Å². The van der Waals surface area contributed by atoms with Gasteiger partial charge in [-0.05, 0) is 50.9 Å². The molecule has 3 rings (SSSR count). The quantitative estimate of drug-likeness (QED) is 0.783. The van der Waals surface area contributed by atoms with Gasteiger partial charge in [-0.2, -0.15) is 0 Å². The van der Waals surface area contributed by atoms with Crippen molar-refractivity contribution in [2.75, 3.05) is 13.1 Å². The number of carbonyl (C=O) groups is 1. The van der Waals surface area contributed by atoms with Crippen molar-refractivity contribution in [1.29, 1.82) is 0 Å². The maximum absolute atomic E-state index is 10.7. The van der Waals surface area contributed by atoms with Gasteiger partial charge in [-0.25, -0.2) is 0 Å². The second-order valence-corrected chi connectivity index (χ2v) is 6.90. The van der Waals surface area contributed by atoms with E-state index in [1.165, 1.54) is 50.1 Å². The average Bonchev–Trinajstić information content (AvgIpc) is 2.45. The van der Waals surface area contributed by atoms with Gasteiger partial charge in [-0.1, -0.05) is 18.6 Å². The van der Waals surface area contributed by atoms with E-state index < -0.39 is 0 Å². The summed E-state index contributed by atoms with van der Waals surface area (Å²) in [7, 11) is 0. The van der Waals surface area contributed by atoms with Crippen LogP contribution in [0.4, 0.5) is 0 Å². The van der Waals surface area contributed by atoms with E-state index in [1.807, 2.05) is 23.9 Å². The van der Waals surface area contributed by atoms with Crippen LogP contribution in [0.15, 0.2) is 29.2 Å². The Morgan fingerprint density at radius 2 is 1.79 bits per heavy atom. The summed E-state index contributed by atoms with van der Waals surface area (Å²) in [6, 6.07) is 8.80. The second-order valence-electron chi connectivity index (χ2n) is 5.58. The molecule has 1 aromatic rings. The Labute approximate surface area is 119 Å². The van der Waals surface area contributed by atoms with Gasteiger partial charge in [0.05, 0.1) is 0 Å². The molecular weight excluding hydrogens is 254 g/mol. The first-order chi connectivity index (χ1) is 9.36. The maximum atomic E-state index is 10.7. The summed E-state index contributed by atoms with van der Waals surface area (Å²) in [6.07, 6.45) is 7.78. The highest BCUT2D eigenvalue weighted by Crippen LogP contribution is 2.40. The molecule has 3 heteroatoms. The van der Waals surface area contributed by atoms with Crippen LogP contribution in [0, 0.1) is 0 Å². The number of aldehydes is 1. The maximum Gasteiger partial charge on any atom is 0.150 e. The normalized spacial score (nSPS) is 27.8. The molecule has 1 saturated carbocycles. The highest BCUT2D eigenvalue weighted by atomic mass is 32.2. The average molecular weight is 275 g/mol. The minimum Gasteiger partial charge on any atom is -0.299 e. The lowest BCUT2D eigenvalue weighted by Gasteiger charge is -2.45. The largest absolute Gasteiger partial charge is 0.299 e. The van der Waals surface area contributed by atoms with Gasteiger partial charge in [0.1, 0.15) is 6.29 Å². The van der Waals surface area contributed by atoms with E-state index in [9.17, 15) is 4.79 Å². The zero-order valence-electron chi connectivity index (χ0n) is 11.3. The molecule has 2 nitrogen and oxygen atoms in total. The van der Waals surface area contributed by atoms with Gasteiger partial charge in [-0.3, -0.25) is 9.69 Å². The molecule has 0 N–H and O–H groups in total. The Kier molecular flexibility index (Phi) is 4.24. The monoisotopic (exact) mass is 275 g/mol. The second kappa shape index (κ2) is 6.10. The lowest BCUT2D eigenvalue weighted by Crippen LogP contribution is -2.50. The van der Waals surface area contributed by atoms with Crippen LogP contribution in [0.25, 0.3) is 0 Å². The van der Waals surface area contributed by atoms with Gasteiger partial charge < -0.3 is 0 Å². The summed E-state index contributed by atoms with van der Waals surface area (Å²) in [5.41, 5.74) is 0.769. The number of hydrogen-bond acceptors (Lipinski definition) is 3. The van der Waals surface area contributed by atoms with Gasteiger partial charge in [0.2, 0.25) is 0 Å². The fraction of sp³-hybridized carbons (Fsp3) is 0.562. The zero-order valence-corrected chi connectivity index (χ0v) is 12.1. The molecule has 1 aliphatic carbocycles. The summed E-state index contributed by atoms with van der Waals surface area (Å²) in [5.74, 6) is 0. The molecule has 1 heterocycles. The number of carbonyl (C=O) groups excluding carboxylic acids is 1. The predicted molar refractivity (Wildman–Crippen MR) is 79.9 cm³/mol. The summed E-state index contributed by atoms with van der Waals surface area (Å²) in [5, 5.41) is 0.750. The van der Waals surface area contributed by atoms with Crippen LogP contribution < -0.4 is 0 Å². The van der Waals surface area contributed by atoms with E-state index in [4.69, 9.17) is 0 Å². The molecule has 1 aromatic carbocycles. The SMILES string of the molecule is O=Cc1ccc(SC2CCC2N2CCCCC2)cc1. The first-order valence-electron chi connectivity index (χ1n) is 7.33. The highest BCUT2D eigenvalue weighted by molar-refractivity contribution is 8.00. The minimum absolute atomic E-state index is 0.750. The summed E-state index contributed by atoms with van der Waals surface area (Å²) < 4.78 is 0. The number of thioether (sulfide) groups is 1. The zero-order chi connectivity index (χ0) is 13.1. The molecule has 0 spiro atoms. The minimum atomic E-state index is 0.750. The number of rotatable bonds is 4. The van der Waals surface area contributed by atoms with Gasteiger partial charge in [0.15, 0.2) is 0 Å². The molecule has 0 radical (unpaired) electrons. The molecule has 2 unspecified atom stereocenters. The van der Waals surface area contributed by atoms with Crippen LogP contribution in [-0.2, 0) is 0 Å². The lowest BCUT2D eigenvalue weighted by atomic mass is 9.89. The predicted octanol–water partition coefficient (Wildman–Crippen LogP) is 3.61. The van der Waals surface area contributed by atoms with Crippen LogP contribution in [0.3, 0.4) is 0 Å². The third-order valence-electron chi connectivity index (χ3n) is 4.34. The topological polar surface area (TPSA) is 20.3 Å². The Bertz CT molecular complexity index is 425. The molecule has 1 aliphatic heterocycles. The van der Waals surface area contributed by atoms with E-state index in [1.54, 1.807) is 0 Å². The smallest absolute Gasteiger partial charge is 0.150 e. The molecule has 19 heavy (non-hydrogen) atoms. The third kappa shape index (κ3) is 3.03. The van der Waals surface area contributed by atoms with Crippen LogP contribution in [0.1, 0.15) is 42.5 Å². The van der Waals surface area contributed by atoms with Crippen molar-refractivity contribution in [1.82, 2.24) is 4.90 Å². The van der Waals surface area contributed by atoms with Gasteiger partial charge in [-0.15, -0.1) is 11.8 Å². The van der Waals surface area contributed by atoms with Crippen molar-refractivity contribution in [3.05, 3.63) is 29.8 Å². The molecule has 2 fully saturated rings. The van der Waals surface area contributed by atoms with Crippen molar-refractivity contribution in [3.8, 4) is 0 Å². The van der Waals surface area contributed by atoms with Crippen LogP contribution in [-0.4, -0.2) is 35.6 Å². The Morgan fingerprint density at radius 1 is 1.05 bits per heavy atom. The van der Waals surface area contributed by atoms with Crippen molar-refractivity contribution in [3.63, 3.8) is 0 Å². The van der Waals surface area contributed by atoms with E-state index in [0.717, 1.165) is 23.1 Å². The number of hydrogen-bond donors (Lipinski definition) is 0. The van der Waals surface area contributed by atoms with Gasteiger partial charge in [0.25, 0.3) is 0 Å². The molecule has 1 saturated heterocycles. The molecule has 0 amide bonds. The van der Waals surface area contributed by atoms with Crippen molar-refractivity contribution < 1.29 is 4.79 Å². The van der Waals surface area contributed by atoms with E-state index in [-0.39, 0.29) is 0 Å². The summed E-state index contributed by atoms with van der Waals surface area (Å²) in [4.78, 5) is 14.7. The molecule has 2 atom stereocenters. The molecule has 0 bridgehead atoms. The summed E-state index contributed by atoms with van der Waals surface area (Å²) >= 11 is 1.99. The van der Waals surface area contributed by atoms with E-state index in [2.05, 4.69) is 17.0 Å². The third-order valence-corrected chi connectivity index (χ3v) is 5.74. The number of benzene rings is 1. The molecule has 2 aliphatic rings. The number of nitrogens with zero attached hydrogens (tertiary/aromatic N) is 1. The van der Waals surface area contributed by atoms with E-state index >= 15 is 0 Å². The summed E-state index contributed by atoms with van der Waals surface area (Å²) in [6.45, 7) is 2.59. The number of piperidine rings is 1. The molecule has 102 valence electrons. The van der Waals surface area contributed by atoms with Crippen LogP contribution in [0.5, 0.6) is 0 Å². The Morgan fingerprint density at radius 3 is 2.37 bits per heavy atom. The van der Waals surface area contributed by atoms with Crippen LogP contribution >= 0.6 is 11.8 Å². The van der Waals surface area contributed by atoms with Crippen molar-refractivity contribution in [2.24, 2.45) is 0 Å². The lowest BCUT2D eigenvalue weighted by molar-refractivity contribution is 0.111. The highest BCUT2D eigenvalue weighted by Gasteiger charge is 2.36. The Balaban J connectivity index is 1.58. The fourth-order valence-corrected chi connectivity index (χ4v) is 4.42. The van der Waals surface area contributed by atoms with Gasteiger partial charge >= 0.3 is 0 Å². The number of likely N-dealkylation sites (tertiary alicyclic amines) is 1. The van der Waals surface area contributed by atoms with Crippen molar-refractivity contribution >= 4 is 18.0 Å². The Hall–Kier alpha value is -0.800. The van der Waals surface area contributed by atoms with Crippen LogP contribution in [0.2, 0.25) is 0 Å². The molecule has 0 aromatic heterocycles. The van der Waals surface area contributed by atoms with Crippen molar-refractivity contribution in [2.45, 2.75) is 48.3 Å². The fourth-order valence-electron chi connectivity index (χ4n) is 3.06. The standard InChI is InChI=1S/C16H21NOS/c18-12-13-4-6-14(7-5-13)19-16-9-8-15(16)17-10-2-1-3-11-17/h4-7,12,15-16H,1-3,8-11H2. The first kappa shape index (κ1) is 13.2. The molecular formula is C16H21NOS. The first-order valence-corrected chi connectivity index (χ1v) is 8.21.